The van der Waals surface area contributed by atoms with Gasteiger partial charge in [-0.05, 0) is 50.5 Å². The Balaban J connectivity index is 1.58. The molecule has 0 N–H and O–H groups in total. The molecule has 0 saturated carbocycles. The second-order valence-corrected chi connectivity index (χ2v) is 7.81. The van der Waals surface area contributed by atoms with Gasteiger partial charge in [-0.1, -0.05) is 11.8 Å². The molecule has 1 amide bonds. The fourth-order valence-corrected chi connectivity index (χ4v) is 4.47. The maximum atomic E-state index is 13.0. The number of aromatic nitrogens is 1. The minimum Gasteiger partial charge on any atom is -0.339 e. The zero-order chi connectivity index (χ0) is 16.2. The average Bonchev–Trinajstić information content (AvgIpc) is 3.03. The van der Waals surface area contributed by atoms with Crippen molar-refractivity contribution in [1.82, 2.24) is 9.88 Å². The van der Waals surface area contributed by atoms with Gasteiger partial charge in [0.2, 0.25) is 5.91 Å². The van der Waals surface area contributed by atoms with Crippen molar-refractivity contribution in [2.75, 3.05) is 12.3 Å². The van der Waals surface area contributed by atoms with Gasteiger partial charge in [-0.2, -0.15) is 0 Å². The number of hydrogen-bond donors (Lipinski definition) is 0. The molecule has 1 saturated heterocycles. The predicted molar refractivity (Wildman–Crippen MR) is 93.3 cm³/mol. The second-order valence-electron chi connectivity index (χ2n) is 5.73. The second kappa shape index (κ2) is 7.45. The highest BCUT2D eigenvalue weighted by Gasteiger charge is 2.23. The molecule has 0 bridgehead atoms. The van der Waals surface area contributed by atoms with E-state index in [0.29, 0.717) is 11.8 Å². The van der Waals surface area contributed by atoms with Crippen LogP contribution in [0.25, 0.3) is 11.3 Å². The van der Waals surface area contributed by atoms with Crippen molar-refractivity contribution in [3.63, 3.8) is 0 Å². The highest BCUT2D eigenvalue weighted by Crippen LogP contribution is 2.29. The van der Waals surface area contributed by atoms with Gasteiger partial charge >= 0.3 is 0 Å². The number of hydrogen-bond acceptors (Lipinski definition) is 4. The van der Waals surface area contributed by atoms with Crippen LogP contribution in [0.3, 0.4) is 0 Å². The summed E-state index contributed by atoms with van der Waals surface area (Å²) in [6.07, 6.45) is 3.42. The van der Waals surface area contributed by atoms with Crippen LogP contribution < -0.4 is 0 Å². The third-order valence-corrected chi connectivity index (χ3v) is 6.07. The minimum atomic E-state index is -0.250. The Hall–Kier alpha value is -1.40. The number of thioether (sulfide) groups is 1. The van der Waals surface area contributed by atoms with Crippen molar-refractivity contribution in [2.45, 2.75) is 36.6 Å². The SMILES string of the molecule is CC1CCCCN1C(=O)CSc1nc(-c2ccc(F)cc2)cs1. The molecule has 1 aliphatic heterocycles. The Morgan fingerprint density at radius 3 is 2.91 bits per heavy atom. The molecule has 1 atom stereocenters. The van der Waals surface area contributed by atoms with Crippen LogP contribution >= 0.6 is 23.1 Å². The van der Waals surface area contributed by atoms with Gasteiger partial charge in [0, 0.05) is 23.5 Å². The number of halogens is 1. The van der Waals surface area contributed by atoms with E-state index in [-0.39, 0.29) is 11.7 Å². The molecule has 1 aromatic heterocycles. The maximum Gasteiger partial charge on any atom is 0.233 e. The van der Waals surface area contributed by atoms with E-state index in [0.717, 1.165) is 35.0 Å². The lowest BCUT2D eigenvalue weighted by Gasteiger charge is -2.33. The Morgan fingerprint density at radius 2 is 2.17 bits per heavy atom. The Labute approximate surface area is 143 Å². The number of likely N-dealkylation sites (tertiary alicyclic amines) is 1. The molecule has 0 spiro atoms. The summed E-state index contributed by atoms with van der Waals surface area (Å²) >= 11 is 3.01. The van der Waals surface area contributed by atoms with Crippen LogP contribution in [0.15, 0.2) is 34.0 Å². The van der Waals surface area contributed by atoms with Crippen molar-refractivity contribution < 1.29 is 9.18 Å². The highest BCUT2D eigenvalue weighted by molar-refractivity contribution is 8.01. The average molecular weight is 350 g/mol. The smallest absolute Gasteiger partial charge is 0.233 e. The van der Waals surface area contributed by atoms with E-state index >= 15 is 0 Å². The number of nitrogens with zero attached hydrogens (tertiary/aromatic N) is 2. The fourth-order valence-electron chi connectivity index (χ4n) is 2.75. The predicted octanol–water partition coefficient (Wildman–Crippen LogP) is 4.44. The van der Waals surface area contributed by atoms with Gasteiger partial charge in [-0.3, -0.25) is 4.79 Å². The fraction of sp³-hybridized carbons (Fsp3) is 0.412. The maximum absolute atomic E-state index is 13.0. The zero-order valence-corrected chi connectivity index (χ0v) is 14.6. The number of carbonyl (C=O) groups is 1. The Morgan fingerprint density at radius 1 is 1.39 bits per heavy atom. The first-order valence-corrected chi connectivity index (χ1v) is 9.64. The summed E-state index contributed by atoms with van der Waals surface area (Å²) in [5.74, 6) is 0.376. The summed E-state index contributed by atoms with van der Waals surface area (Å²) in [7, 11) is 0. The molecule has 1 aliphatic rings. The summed E-state index contributed by atoms with van der Waals surface area (Å²) in [5, 5.41) is 1.95. The molecule has 0 aliphatic carbocycles. The first-order chi connectivity index (χ1) is 11.1. The summed E-state index contributed by atoms with van der Waals surface area (Å²) < 4.78 is 13.8. The first kappa shape index (κ1) is 16.5. The molecule has 1 fully saturated rings. The number of thiazole rings is 1. The molecule has 2 aromatic rings. The van der Waals surface area contributed by atoms with Gasteiger partial charge in [0.1, 0.15) is 5.82 Å². The van der Waals surface area contributed by atoms with Gasteiger partial charge in [0.25, 0.3) is 0 Å². The number of benzene rings is 1. The summed E-state index contributed by atoms with van der Waals surface area (Å²) in [5.41, 5.74) is 1.72. The van der Waals surface area contributed by atoms with E-state index in [4.69, 9.17) is 0 Å². The number of amides is 1. The van der Waals surface area contributed by atoms with Crippen LogP contribution in [0.5, 0.6) is 0 Å². The van der Waals surface area contributed by atoms with E-state index < -0.39 is 0 Å². The van der Waals surface area contributed by atoms with Gasteiger partial charge in [0.15, 0.2) is 4.34 Å². The monoisotopic (exact) mass is 350 g/mol. The summed E-state index contributed by atoms with van der Waals surface area (Å²) in [4.78, 5) is 18.9. The molecule has 23 heavy (non-hydrogen) atoms. The van der Waals surface area contributed by atoms with Gasteiger partial charge in [-0.15, -0.1) is 11.3 Å². The molecule has 122 valence electrons. The third-order valence-electron chi connectivity index (χ3n) is 4.07. The van der Waals surface area contributed by atoms with Crippen LogP contribution in [0, 0.1) is 5.82 Å². The third kappa shape index (κ3) is 4.12. The minimum absolute atomic E-state index is 0.195. The standard InChI is InChI=1S/C17H19FN2OS2/c1-12-4-2-3-9-20(12)16(21)11-23-17-19-15(10-22-17)13-5-7-14(18)8-6-13/h5-8,10,12H,2-4,9,11H2,1H3. The topological polar surface area (TPSA) is 33.2 Å². The lowest BCUT2D eigenvalue weighted by Crippen LogP contribution is -2.42. The molecule has 2 heterocycles. The van der Waals surface area contributed by atoms with Crippen LogP contribution in [0.1, 0.15) is 26.2 Å². The molecule has 1 unspecified atom stereocenters. The molecular weight excluding hydrogens is 331 g/mol. The van der Waals surface area contributed by atoms with Crippen molar-refractivity contribution >= 4 is 29.0 Å². The number of piperidine rings is 1. The molecular formula is C17H19FN2OS2. The molecule has 6 heteroatoms. The first-order valence-electron chi connectivity index (χ1n) is 7.77. The zero-order valence-electron chi connectivity index (χ0n) is 13.0. The van der Waals surface area contributed by atoms with E-state index in [2.05, 4.69) is 11.9 Å². The van der Waals surface area contributed by atoms with Crippen molar-refractivity contribution in [1.29, 1.82) is 0 Å². The number of rotatable bonds is 4. The van der Waals surface area contributed by atoms with Crippen LogP contribution in [0.2, 0.25) is 0 Å². The van der Waals surface area contributed by atoms with Crippen molar-refractivity contribution in [2.24, 2.45) is 0 Å². The molecule has 3 rings (SSSR count). The van der Waals surface area contributed by atoms with E-state index in [9.17, 15) is 9.18 Å². The van der Waals surface area contributed by atoms with E-state index in [1.165, 1.54) is 41.7 Å². The van der Waals surface area contributed by atoms with Crippen LogP contribution in [-0.2, 0) is 4.79 Å². The molecule has 1 aromatic carbocycles. The van der Waals surface area contributed by atoms with Crippen LogP contribution in [-0.4, -0.2) is 34.1 Å². The molecule has 3 nitrogen and oxygen atoms in total. The summed E-state index contributed by atoms with van der Waals surface area (Å²) in [6, 6.07) is 6.66. The lowest BCUT2D eigenvalue weighted by atomic mass is 10.0. The van der Waals surface area contributed by atoms with E-state index in [1.54, 1.807) is 12.1 Å². The summed E-state index contributed by atoms with van der Waals surface area (Å²) in [6.45, 7) is 3.00. The Bertz CT molecular complexity index is 671. The normalized spacial score (nSPS) is 18.2. The van der Waals surface area contributed by atoms with Gasteiger partial charge in [-0.25, -0.2) is 9.37 Å². The van der Waals surface area contributed by atoms with Gasteiger partial charge in [0.05, 0.1) is 11.4 Å². The van der Waals surface area contributed by atoms with Crippen molar-refractivity contribution in [3.8, 4) is 11.3 Å². The van der Waals surface area contributed by atoms with Gasteiger partial charge < -0.3 is 4.90 Å². The lowest BCUT2D eigenvalue weighted by molar-refractivity contribution is -0.131. The Kier molecular flexibility index (Phi) is 5.33. The van der Waals surface area contributed by atoms with E-state index in [1.807, 2.05) is 10.3 Å². The van der Waals surface area contributed by atoms with Crippen LogP contribution in [0.4, 0.5) is 4.39 Å². The largest absolute Gasteiger partial charge is 0.339 e. The molecule has 0 radical (unpaired) electrons. The quantitative estimate of drug-likeness (QED) is 0.764. The highest BCUT2D eigenvalue weighted by atomic mass is 32.2. The van der Waals surface area contributed by atoms with Crippen molar-refractivity contribution in [3.05, 3.63) is 35.5 Å². The number of carbonyl (C=O) groups excluding carboxylic acids is 1.